The number of benzene rings is 1. The van der Waals surface area contributed by atoms with Crippen LogP contribution in [0.3, 0.4) is 0 Å². The van der Waals surface area contributed by atoms with Crippen molar-refractivity contribution >= 4 is 5.78 Å². The number of rotatable bonds is 1. The van der Waals surface area contributed by atoms with E-state index < -0.39 is 12.2 Å². The summed E-state index contributed by atoms with van der Waals surface area (Å²) in [4.78, 5) is 11.7. The Bertz CT molecular complexity index is 409. The zero-order chi connectivity index (χ0) is 10.8. The number of allylic oxidation sites excluding steroid dienone is 1. The monoisotopic (exact) mass is 204 g/mol. The number of carbonyl (C=O) groups excluding carboxylic acids is 1. The van der Waals surface area contributed by atoms with Gasteiger partial charge in [0.1, 0.15) is 5.75 Å². The second-order valence-electron chi connectivity index (χ2n) is 3.41. The number of fused-ring (bicyclic) bond motifs is 1. The average molecular weight is 204 g/mol. The van der Waals surface area contributed by atoms with Gasteiger partial charge in [-0.05, 0) is 25.1 Å². The van der Waals surface area contributed by atoms with E-state index in [1.807, 2.05) is 6.92 Å². The molecule has 15 heavy (non-hydrogen) atoms. The quantitative estimate of drug-likeness (QED) is 0.706. The highest BCUT2D eigenvalue weighted by Crippen LogP contribution is 2.27. The number of ketones is 1. The molecule has 1 heterocycles. The van der Waals surface area contributed by atoms with Crippen LogP contribution in [0.5, 0.6) is 5.75 Å². The van der Waals surface area contributed by atoms with Crippen LogP contribution in [-0.4, -0.2) is 23.1 Å². The molecule has 1 aromatic rings. The molecule has 1 aliphatic rings. The number of carbonyl (C=O) groups is 1. The third kappa shape index (κ3) is 1.66. The molecular weight excluding hydrogens is 192 g/mol. The second-order valence-corrected chi connectivity index (χ2v) is 3.41. The summed E-state index contributed by atoms with van der Waals surface area (Å²) >= 11 is 0. The van der Waals surface area contributed by atoms with Crippen molar-refractivity contribution in [1.29, 1.82) is 0 Å². The topological polar surface area (TPSA) is 46.5 Å². The Morgan fingerprint density at radius 3 is 2.87 bits per heavy atom. The van der Waals surface area contributed by atoms with Gasteiger partial charge in [-0.2, -0.15) is 0 Å². The Morgan fingerprint density at radius 2 is 2.13 bits per heavy atom. The van der Waals surface area contributed by atoms with Gasteiger partial charge in [-0.1, -0.05) is 18.2 Å². The summed E-state index contributed by atoms with van der Waals surface area (Å²) in [6, 6.07) is 6.95. The summed E-state index contributed by atoms with van der Waals surface area (Å²) in [6.45, 7) is 1.82. The lowest BCUT2D eigenvalue weighted by molar-refractivity contribution is 0.0378. The van der Waals surface area contributed by atoms with Crippen molar-refractivity contribution in [2.45, 2.75) is 19.1 Å². The first-order chi connectivity index (χ1) is 7.24. The Morgan fingerprint density at radius 1 is 1.40 bits per heavy atom. The van der Waals surface area contributed by atoms with Crippen LogP contribution in [0.1, 0.15) is 17.3 Å². The first-order valence-corrected chi connectivity index (χ1v) is 4.85. The Balaban J connectivity index is 2.41. The normalized spacial score (nSPS) is 25.1. The van der Waals surface area contributed by atoms with E-state index in [0.717, 1.165) is 0 Å². The fourth-order valence-electron chi connectivity index (χ4n) is 1.63. The maximum absolute atomic E-state index is 11.7. The summed E-state index contributed by atoms with van der Waals surface area (Å²) in [5, 5.41) is 9.69. The third-order valence-electron chi connectivity index (χ3n) is 2.38. The highest BCUT2D eigenvalue weighted by Gasteiger charge is 2.33. The van der Waals surface area contributed by atoms with Gasteiger partial charge >= 0.3 is 0 Å². The van der Waals surface area contributed by atoms with Gasteiger partial charge in [-0.15, -0.1) is 0 Å². The van der Waals surface area contributed by atoms with E-state index in [0.29, 0.717) is 11.3 Å². The fourth-order valence-corrected chi connectivity index (χ4v) is 1.63. The van der Waals surface area contributed by atoms with Gasteiger partial charge in [0.2, 0.25) is 0 Å². The van der Waals surface area contributed by atoms with Crippen LogP contribution >= 0.6 is 0 Å². The molecule has 1 N–H and O–H groups in total. The van der Waals surface area contributed by atoms with Crippen LogP contribution in [0, 0.1) is 0 Å². The molecule has 0 saturated carbocycles. The predicted octanol–water partition coefficient (Wildman–Crippen LogP) is 1.57. The number of ether oxygens (including phenoxy) is 1. The highest BCUT2D eigenvalue weighted by atomic mass is 16.5. The average Bonchev–Trinajstić information content (AvgIpc) is 2.26. The molecule has 3 nitrogen and oxygen atoms in total. The van der Waals surface area contributed by atoms with E-state index in [2.05, 4.69) is 0 Å². The number of hydrogen-bond acceptors (Lipinski definition) is 3. The molecule has 1 aliphatic heterocycles. The molecule has 2 atom stereocenters. The van der Waals surface area contributed by atoms with E-state index in [1.54, 1.807) is 36.4 Å². The van der Waals surface area contributed by atoms with Crippen LogP contribution in [-0.2, 0) is 0 Å². The lowest BCUT2D eigenvalue weighted by Crippen LogP contribution is -2.40. The molecule has 1 aromatic carbocycles. The van der Waals surface area contributed by atoms with Crippen molar-refractivity contribution in [3.63, 3.8) is 0 Å². The zero-order valence-corrected chi connectivity index (χ0v) is 8.38. The molecule has 2 unspecified atom stereocenters. The van der Waals surface area contributed by atoms with E-state index in [-0.39, 0.29) is 5.78 Å². The van der Waals surface area contributed by atoms with Gasteiger partial charge < -0.3 is 9.84 Å². The van der Waals surface area contributed by atoms with E-state index in [4.69, 9.17) is 4.74 Å². The molecule has 0 amide bonds. The van der Waals surface area contributed by atoms with Gasteiger partial charge in [0, 0.05) is 0 Å². The standard InChI is InChI=1S/C12H12O3/c1-2-5-10-12(14)11(13)8-6-3-4-7-9(8)15-10/h2-7,10,12,14H,1H3/b5-2-. The number of aliphatic hydroxyl groups is 1. The van der Waals surface area contributed by atoms with Gasteiger partial charge in [-0.3, -0.25) is 4.79 Å². The minimum absolute atomic E-state index is 0.278. The van der Waals surface area contributed by atoms with E-state index in [9.17, 15) is 9.90 Å². The van der Waals surface area contributed by atoms with E-state index >= 15 is 0 Å². The SMILES string of the molecule is C/C=C\C1Oc2ccccc2C(=O)C1O. The number of aliphatic hydroxyl groups excluding tert-OH is 1. The third-order valence-corrected chi connectivity index (χ3v) is 2.38. The van der Waals surface area contributed by atoms with Gasteiger partial charge in [0.25, 0.3) is 0 Å². The summed E-state index contributed by atoms with van der Waals surface area (Å²) in [6.07, 6.45) is 1.77. The molecule has 0 spiro atoms. The molecular formula is C12H12O3. The lowest BCUT2D eigenvalue weighted by Gasteiger charge is -2.27. The molecule has 0 radical (unpaired) electrons. The molecule has 0 aromatic heterocycles. The van der Waals surface area contributed by atoms with Crippen molar-refractivity contribution in [3.05, 3.63) is 42.0 Å². The molecule has 2 rings (SSSR count). The molecule has 0 bridgehead atoms. The minimum Gasteiger partial charge on any atom is -0.482 e. The van der Waals surface area contributed by atoms with Gasteiger partial charge in [0.15, 0.2) is 18.0 Å². The minimum atomic E-state index is -1.10. The lowest BCUT2D eigenvalue weighted by atomic mass is 9.98. The zero-order valence-electron chi connectivity index (χ0n) is 8.38. The van der Waals surface area contributed by atoms with Crippen LogP contribution in [0.15, 0.2) is 36.4 Å². The van der Waals surface area contributed by atoms with Crippen molar-refractivity contribution in [2.24, 2.45) is 0 Å². The smallest absolute Gasteiger partial charge is 0.199 e. The Kier molecular flexibility index (Phi) is 2.56. The summed E-state index contributed by atoms with van der Waals surface area (Å²) in [5.41, 5.74) is 0.450. The van der Waals surface area contributed by atoms with Crippen LogP contribution in [0.25, 0.3) is 0 Å². The van der Waals surface area contributed by atoms with Gasteiger partial charge in [0.05, 0.1) is 5.56 Å². The molecule has 3 heteroatoms. The predicted molar refractivity (Wildman–Crippen MR) is 56.0 cm³/mol. The molecule has 78 valence electrons. The molecule has 0 fully saturated rings. The maximum atomic E-state index is 11.7. The summed E-state index contributed by atoms with van der Waals surface area (Å²) in [5.74, 6) is 0.260. The van der Waals surface area contributed by atoms with Crippen LogP contribution in [0.4, 0.5) is 0 Å². The Labute approximate surface area is 88.0 Å². The van der Waals surface area contributed by atoms with E-state index in [1.165, 1.54) is 0 Å². The number of hydrogen-bond donors (Lipinski definition) is 1. The second kappa shape index (κ2) is 3.87. The van der Waals surface area contributed by atoms with Crippen LogP contribution < -0.4 is 4.74 Å². The maximum Gasteiger partial charge on any atom is 0.199 e. The molecule has 0 aliphatic carbocycles. The Hall–Kier alpha value is -1.61. The first-order valence-electron chi connectivity index (χ1n) is 4.85. The fraction of sp³-hybridized carbons (Fsp3) is 0.250. The number of para-hydroxylation sites is 1. The largest absolute Gasteiger partial charge is 0.482 e. The summed E-state index contributed by atoms with van der Waals surface area (Å²) < 4.78 is 5.50. The van der Waals surface area contributed by atoms with Crippen molar-refractivity contribution in [3.8, 4) is 5.75 Å². The van der Waals surface area contributed by atoms with Crippen molar-refractivity contribution in [1.82, 2.24) is 0 Å². The highest BCUT2D eigenvalue weighted by molar-refractivity contribution is 6.03. The summed E-state index contributed by atoms with van der Waals surface area (Å²) in [7, 11) is 0. The first kappa shape index (κ1) is 9.93. The van der Waals surface area contributed by atoms with Crippen LogP contribution in [0.2, 0.25) is 0 Å². The van der Waals surface area contributed by atoms with Gasteiger partial charge in [-0.25, -0.2) is 0 Å². The van der Waals surface area contributed by atoms with Crippen molar-refractivity contribution in [2.75, 3.05) is 0 Å². The van der Waals surface area contributed by atoms with Crippen molar-refractivity contribution < 1.29 is 14.6 Å². The number of Topliss-reactive ketones (excluding diaryl/α,β-unsaturated/α-hetero) is 1. The molecule has 0 saturated heterocycles.